The van der Waals surface area contributed by atoms with Crippen LogP contribution in [0.2, 0.25) is 0 Å². The Balaban J connectivity index is 1.45. The lowest BCUT2D eigenvalue weighted by atomic mass is 10.1. The van der Waals surface area contributed by atoms with Gasteiger partial charge in [-0.3, -0.25) is 4.90 Å². The summed E-state index contributed by atoms with van der Waals surface area (Å²) >= 11 is 0. The number of halogens is 2. The van der Waals surface area contributed by atoms with Gasteiger partial charge in [0.15, 0.2) is 11.6 Å². The Morgan fingerprint density at radius 3 is 2.56 bits per heavy atom. The molecule has 0 aromatic heterocycles. The van der Waals surface area contributed by atoms with Gasteiger partial charge in [-0.2, -0.15) is 0 Å². The van der Waals surface area contributed by atoms with E-state index >= 15 is 0 Å². The molecule has 1 atom stereocenters. The second-order valence-electron chi connectivity index (χ2n) is 6.83. The molecule has 2 heterocycles. The average molecular weight is 374 g/mol. The van der Waals surface area contributed by atoms with Crippen molar-refractivity contribution in [2.24, 2.45) is 0 Å². The predicted molar refractivity (Wildman–Crippen MR) is 90.6 cm³/mol. The first-order chi connectivity index (χ1) is 11.9. The van der Waals surface area contributed by atoms with Crippen LogP contribution in [0.25, 0.3) is 0 Å². The lowest BCUT2D eigenvalue weighted by Gasteiger charge is -2.32. The van der Waals surface area contributed by atoms with Crippen LogP contribution in [0, 0.1) is 11.6 Å². The molecular weight excluding hydrogens is 350 g/mol. The number of likely N-dealkylation sites (tertiary alicyclic amines) is 1. The highest BCUT2D eigenvalue weighted by Crippen LogP contribution is 2.18. The van der Waals surface area contributed by atoms with Crippen LogP contribution in [0.3, 0.4) is 0 Å². The first-order valence-corrected chi connectivity index (χ1v) is 10.3. The van der Waals surface area contributed by atoms with Crippen LogP contribution in [-0.4, -0.2) is 50.9 Å². The third kappa shape index (κ3) is 5.44. The van der Waals surface area contributed by atoms with Gasteiger partial charge in [0.1, 0.15) is 0 Å². The van der Waals surface area contributed by atoms with Crippen molar-refractivity contribution < 1.29 is 21.9 Å². The predicted octanol–water partition coefficient (Wildman–Crippen LogP) is 2.03. The van der Waals surface area contributed by atoms with Crippen molar-refractivity contribution in [3.05, 3.63) is 35.4 Å². The van der Waals surface area contributed by atoms with Gasteiger partial charge in [-0.25, -0.2) is 21.9 Å². The maximum Gasteiger partial charge on any atom is 0.214 e. The molecule has 3 rings (SSSR count). The molecule has 1 unspecified atom stereocenters. The summed E-state index contributed by atoms with van der Waals surface area (Å²) in [6.45, 7) is 2.60. The number of sulfonamides is 1. The molecular formula is C17H24F2N2O3S. The lowest BCUT2D eigenvalue weighted by molar-refractivity contribution is 0.127. The second-order valence-corrected chi connectivity index (χ2v) is 8.63. The van der Waals surface area contributed by atoms with E-state index < -0.39 is 21.7 Å². The summed E-state index contributed by atoms with van der Waals surface area (Å²) in [5, 5.41) is 0. The SMILES string of the molecule is O=S(=O)(CC1CCCO1)NC1CCN(Cc2ccc(F)c(F)c2)CC1. The van der Waals surface area contributed by atoms with Crippen LogP contribution in [0.4, 0.5) is 8.78 Å². The van der Waals surface area contributed by atoms with Crippen LogP contribution in [0.15, 0.2) is 18.2 Å². The molecule has 8 heteroatoms. The summed E-state index contributed by atoms with van der Waals surface area (Å²) in [4.78, 5) is 2.12. The van der Waals surface area contributed by atoms with Crippen molar-refractivity contribution in [3.63, 3.8) is 0 Å². The van der Waals surface area contributed by atoms with Crippen molar-refractivity contribution in [2.45, 2.75) is 44.4 Å². The number of hydrogen-bond donors (Lipinski definition) is 1. The molecule has 2 fully saturated rings. The third-order valence-corrected chi connectivity index (χ3v) is 6.26. The molecule has 0 saturated carbocycles. The fraction of sp³-hybridized carbons (Fsp3) is 0.647. The summed E-state index contributed by atoms with van der Waals surface area (Å²) in [6.07, 6.45) is 2.94. The second kappa shape index (κ2) is 8.07. The molecule has 0 spiro atoms. The fourth-order valence-electron chi connectivity index (χ4n) is 3.43. The molecule has 0 amide bonds. The van der Waals surface area contributed by atoms with Crippen LogP contribution < -0.4 is 4.72 Å². The minimum Gasteiger partial charge on any atom is -0.377 e. The maximum absolute atomic E-state index is 13.3. The van der Waals surface area contributed by atoms with Crippen molar-refractivity contribution in [2.75, 3.05) is 25.4 Å². The number of hydrogen-bond acceptors (Lipinski definition) is 4. The molecule has 2 aliphatic heterocycles. The van der Waals surface area contributed by atoms with Crippen molar-refractivity contribution in [3.8, 4) is 0 Å². The largest absolute Gasteiger partial charge is 0.377 e. The minimum atomic E-state index is -3.34. The van der Waals surface area contributed by atoms with Gasteiger partial charge in [-0.1, -0.05) is 6.07 Å². The zero-order valence-corrected chi connectivity index (χ0v) is 14.9. The normalized spacial score (nSPS) is 23.2. The summed E-state index contributed by atoms with van der Waals surface area (Å²) in [5.74, 6) is -1.65. The van der Waals surface area contributed by atoms with Crippen molar-refractivity contribution in [1.82, 2.24) is 9.62 Å². The van der Waals surface area contributed by atoms with E-state index in [1.165, 1.54) is 6.07 Å². The summed E-state index contributed by atoms with van der Waals surface area (Å²) in [7, 11) is -3.34. The highest BCUT2D eigenvalue weighted by Gasteiger charge is 2.27. The van der Waals surface area contributed by atoms with Crippen molar-refractivity contribution in [1.29, 1.82) is 0 Å². The standard InChI is InChI=1S/C17H24F2N2O3S/c18-16-4-3-13(10-17(16)19)11-21-7-5-14(6-8-21)20-25(22,23)12-15-2-1-9-24-15/h3-4,10,14-15,20H,1-2,5-9,11-12H2. The van der Waals surface area contributed by atoms with E-state index in [0.29, 0.717) is 39.1 Å². The number of ether oxygens (including phenoxy) is 1. The Bertz CT molecular complexity index is 685. The molecule has 140 valence electrons. The molecule has 25 heavy (non-hydrogen) atoms. The number of nitrogens with zero attached hydrogens (tertiary/aromatic N) is 1. The Kier molecular flexibility index (Phi) is 6.04. The average Bonchev–Trinajstić information content (AvgIpc) is 3.05. The van der Waals surface area contributed by atoms with Gasteiger partial charge >= 0.3 is 0 Å². The van der Waals surface area contributed by atoms with Gasteiger partial charge in [0.05, 0.1) is 11.9 Å². The van der Waals surface area contributed by atoms with E-state index in [2.05, 4.69) is 9.62 Å². The van der Waals surface area contributed by atoms with Gasteiger partial charge in [-0.05, 0) is 43.4 Å². The van der Waals surface area contributed by atoms with E-state index in [-0.39, 0.29) is 17.9 Å². The molecule has 1 N–H and O–H groups in total. The third-order valence-electron chi connectivity index (χ3n) is 4.75. The van der Waals surface area contributed by atoms with E-state index in [0.717, 1.165) is 24.5 Å². The maximum atomic E-state index is 13.3. The first-order valence-electron chi connectivity index (χ1n) is 8.69. The lowest BCUT2D eigenvalue weighted by Crippen LogP contribution is -2.46. The van der Waals surface area contributed by atoms with Gasteiger partial charge in [0, 0.05) is 32.3 Å². The summed E-state index contributed by atoms with van der Waals surface area (Å²) in [5.41, 5.74) is 0.719. The first kappa shape index (κ1) is 18.7. The van der Waals surface area contributed by atoms with Gasteiger partial charge in [-0.15, -0.1) is 0 Å². The molecule has 1 aromatic carbocycles. The molecule has 2 aliphatic rings. The monoisotopic (exact) mass is 374 g/mol. The van der Waals surface area contributed by atoms with Crippen LogP contribution in [-0.2, 0) is 21.3 Å². The van der Waals surface area contributed by atoms with Gasteiger partial charge < -0.3 is 4.74 Å². The molecule has 5 nitrogen and oxygen atoms in total. The van der Waals surface area contributed by atoms with Gasteiger partial charge in [0.25, 0.3) is 0 Å². The summed E-state index contributed by atoms with van der Waals surface area (Å²) in [6, 6.07) is 3.85. The van der Waals surface area contributed by atoms with E-state index in [4.69, 9.17) is 4.74 Å². The van der Waals surface area contributed by atoms with E-state index in [9.17, 15) is 17.2 Å². The number of benzene rings is 1. The Morgan fingerprint density at radius 1 is 1.16 bits per heavy atom. The Hall–Kier alpha value is -1.09. The molecule has 0 aliphatic carbocycles. The minimum absolute atomic E-state index is 0.0298. The summed E-state index contributed by atoms with van der Waals surface area (Å²) < 4.78 is 58.8. The molecule has 0 radical (unpaired) electrons. The van der Waals surface area contributed by atoms with E-state index in [1.807, 2.05) is 0 Å². The van der Waals surface area contributed by atoms with Crippen LogP contribution in [0.1, 0.15) is 31.2 Å². The quantitative estimate of drug-likeness (QED) is 0.828. The number of nitrogens with one attached hydrogen (secondary N) is 1. The highest BCUT2D eigenvalue weighted by atomic mass is 32.2. The molecule has 2 saturated heterocycles. The Morgan fingerprint density at radius 2 is 1.92 bits per heavy atom. The smallest absolute Gasteiger partial charge is 0.214 e. The molecule has 1 aromatic rings. The molecule has 0 bridgehead atoms. The Labute approximate surface area is 147 Å². The van der Waals surface area contributed by atoms with Gasteiger partial charge in [0.2, 0.25) is 10.0 Å². The topological polar surface area (TPSA) is 58.6 Å². The van der Waals surface area contributed by atoms with Crippen LogP contribution in [0.5, 0.6) is 0 Å². The number of rotatable bonds is 6. The highest BCUT2D eigenvalue weighted by molar-refractivity contribution is 7.89. The zero-order chi connectivity index (χ0) is 17.9. The van der Waals surface area contributed by atoms with Crippen LogP contribution >= 0.6 is 0 Å². The number of piperidine rings is 1. The fourth-order valence-corrected chi connectivity index (χ4v) is 5.02. The van der Waals surface area contributed by atoms with Crippen molar-refractivity contribution >= 4 is 10.0 Å². The zero-order valence-electron chi connectivity index (χ0n) is 14.1. The van der Waals surface area contributed by atoms with E-state index in [1.54, 1.807) is 6.07 Å².